The van der Waals surface area contributed by atoms with E-state index < -0.39 is 0 Å². The van der Waals surface area contributed by atoms with Crippen LogP contribution in [0.2, 0.25) is 0 Å². The lowest BCUT2D eigenvalue weighted by atomic mass is 10.1. The van der Waals surface area contributed by atoms with E-state index in [0.717, 1.165) is 24.8 Å². The van der Waals surface area contributed by atoms with E-state index in [1.807, 2.05) is 6.92 Å². The Morgan fingerprint density at radius 1 is 1.30 bits per heavy atom. The van der Waals surface area contributed by atoms with Gasteiger partial charge in [-0.2, -0.15) is 0 Å². The average Bonchev–Trinajstić information content (AvgIpc) is 1.87. The zero-order valence-electron chi connectivity index (χ0n) is 6.62. The monoisotopic (exact) mass is 158 g/mol. The highest BCUT2D eigenvalue weighted by Gasteiger charge is 1.91. The summed E-state index contributed by atoms with van der Waals surface area (Å²) >= 11 is 5.55. The molecule has 10 heavy (non-hydrogen) atoms. The molecule has 0 radical (unpaired) electrons. The van der Waals surface area contributed by atoms with Crippen LogP contribution in [0.25, 0.3) is 0 Å². The van der Waals surface area contributed by atoms with E-state index in [9.17, 15) is 0 Å². The molecule has 0 bridgehead atoms. The lowest BCUT2D eigenvalue weighted by molar-refractivity contribution is 0.809. The number of hydrogen-bond acceptors (Lipinski definition) is 0. The van der Waals surface area contributed by atoms with Crippen LogP contribution >= 0.6 is 11.6 Å². The Bertz CT molecular complexity index is 125. The summed E-state index contributed by atoms with van der Waals surface area (Å²) in [7, 11) is 0. The molecule has 0 atom stereocenters. The van der Waals surface area contributed by atoms with Gasteiger partial charge in [-0.25, -0.2) is 0 Å². The van der Waals surface area contributed by atoms with Crippen LogP contribution in [0.1, 0.15) is 26.2 Å². The second-order valence-electron chi connectivity index (χ2n) is 2.69. The first-order valence-electron chi connectivity index (χ1n) is 3.54. The molecule has 0 aromatic carbocycles. The van der Waals surface area contributed by atoms with Crippen molar-refractivity contribution in [2.45, 2.75) is 26.2 Å². The van der Waals surface area contributed by atoms with Crippen molar-refractivity contribution < 1.29 is 0 Å². The summed E-state index contributed by atoms with van der Waals surface area (Å²) in [5.41, 5.74) is 2.37. The minimum Gasteiger partial charge on any atom is -0.122 e. The van der Waals surface area contributed by atoms with E-state index in [2.05, 4.69) is 13.2 Å². The summed E-state index contributed by atoms with van der Waals surface area (Å²) < 4.78 is 0. The smallest absolute Gasteiger partial charge is 0.0430 e. The molecule has 0 aliphatic rings. The van der Waals surface area contributed by atoms with E-state index in [0.29, 0.717) is 5.88 Å². The van der Waals surface area contributed by atoms with Gasteiger partial charge >= 0.3 is 0 Å². The SMILES string of the molecule is C=C(C)CCCC(=C)CCl. The second kappa shape index (κ2) is 5.55. The van der Waals surface area contributed by atoms with Crippen LogP contribution in [-0.4, -0.2) is 5.88 Å². The van der Waals surface area contributed by atoms with Crippen LogP contribution in [0.5, 0.6) is 0 Å². The van der Waals surface area contributed by atoms with Crippen molar-refractivity contribution in [3.05, 3.63) is 24.3 Å². The lowest BCUT2D eigenvalue weighted by Crippen LogP contribution is -1.83. The first-order chi connectivity index (χ1) is 4.66. The molecule has 1 heteroatoms. The molecule has 0 rings (SSSR count). The molecule has 0 saturated heterocycles. The van der Waals surface area contributed by atoms with Crippen molar-refractivity contribution in [1.82, 2.24) is 0 Å². The van der Waals surface area contributed by atoms with Gasteiger partial charge in [-0.3, -0.25) is 0 Å². The Hall–Kier alpha value is -0.230. The van der Waals surface area contributed by atoms with Crippen LogP contribution in [-0.2, 0) is 0 Å². The van der Waals surface area contributed by atoms with Gasteiger partial charge in [-0.05, 0) is 26.2 Å². The Morgan fingerprint density at radius 2 is 1.90 bits per heavy atom. The summed E-state index contributed by atoms with van der Waals surface area (Å²) in [5.74, 6) is 0.593. The zero-order valence-corrected chi connectivity index (χ0v) is 7.38. The first-order valence-corrected chi connectivity index (χ1v) is 4.07. The largest absolute Gasteiger partial charge is 0.122 e. The molecule has 0 nitrogen and oxygen atoms in total. The molecule has 0 spiro atoms. The number of allylic oxidation sites excluding steroid dienone is 2. The summed E-state index contributed by atoms with van der Waals surface area (Å²) in [4.78, 5) is 0. The van der Waals surface area contributed by atoms with Gasteiger partial charge in [0.15, 0.2) is 0 Å². The fraction of sp³-hybridized carbons (Fsp3) is 0.556. The zero-order chi connectivity index (χ0) is 7.98. The minimum atomic E-state index is 0.593. The summed E-state index contributed by atoms with van der Waals surface area (Å²) in [6.45, 7) is 9.67. The van der Waals surface area contributed by atoms with Gasteiger partial charge in [0, 0.05) is 5.88 Å². The van der Waals surface area contributed by atoms with Crippen LogP contribution in [0.3, 0.4) is 0 Å². The molecule has 0 fully saturated rings. The fourth-order valence-electron chi connectivity index (χ4n) is 0.707. The van der Waals surface area contributed by atoms with E-state index in [4.69, 9.17) is 11.6 Å². The molecular formula is C9H15Cl. The number of halogens is 1. The van der Waals surface area contributed by atoms with Gasteiger partial charge in [0.2, 0.25) is 0 Å². The molecule has 0 aromatic heterocycles. The third kappa shape index (κ3) is 5.90. The normalized spacial score (nSPS) is 9.40. The number of alkyl halides is 1. The van der Waals surface area contributed by atoms with Crippen molar-refractivity contribution in [2.24, 2.45) is 0 Å². The molecule has 0 amide bonds. The van der Waals surface area contributed by atoms with Crippen LogP contribution < -0.4 is 0 Å². The van der Waals surface area contributed by atoms with Crippen LogP contribution in [0, 0.1) is 0 Å². The van der Waals surface area contributed by atoms with E-state index in [1.165, 1.54) is 5.57 Å². The third-order valence-electron chi connectivity index (χ3n) is 1.32. The van der Waals surface area contributed by atoms with E-state index in [-0.39, 0.29) is 0 Å². The molecule has 0 saturated carbocycles. The predicted molar refractivity (Wildman–Crippen MR) is 48.5 cm³/mol. The van der Waals surface area contributed by atoms with Gasteiger partial charge in [-0.15, -0.1) is 18.2 Å². The van der Waals surface area contributed by atoms with Gasteiger partial charge in [0.25, 0.3) is 0 Å². The van der Waals surface area contributed by atoms with Crippen molar-refractivity contribution in [2.75, 3.05) is 5.88 Å². The molecule has 0 N–H and O–H groups in total. The van der Waals surface area contributed by atoms with Crippen LogP contribution in [0.15, 0.2) is 24.3 Å². The molecule has 0 aliphatic heterocycles. The Labute approximate surface area is 68.6 Å². The Morgan fingerprint density at radius 3 is 2.30 bits per heavy atom. The molecule has 58 valence electrons. The fourth-order valence-corrected chi connectivity index (χ4v) is 0.841. The maximum Gasteiger partial charge on any atom is 0.0430 e. The second-order valence-corrected chi connectivity index (χ2v) is 2.96. The van der Waals surface area contributed by atoms with Crippen molar-refractivity contribution in [3.63, 3.8) is 0 Å². The minimum absolute atomic E-state index is 0.593. The van der Waals surface area contributed by atoms with Crippen molar-refractivity contribution in [1.29, 1.82) is 0 Å². The number of hydrogen-bond donors (Lipinski definition) is 0. The maximum atomic E-state index is 5.55. The summed E-state index contributed by atoms with van der Waals surface area (Å²) in [6, 6.07) is 0. The Kier molecular flexibility index (Phi) is 5.42. The molecule has 0 unspecified atom stereocenters. The van der Waals surface area contributed by atoms with E-state index >= 15 is 0 Å². The highest BCUT2D eigenvalue weighted by Crippen LogP contribution is 2.09. The Balaban J connectivity index is 3.20. The third-order valence-corrected chi connectivity index (χ3v) is 1.70. The quantitative estimate of drug-likeness (QED) is 0.424. The summed E-state index contributed by atoms with van der Waals surface area (Å²) in [5, 5.41) is 0. The number of rotatable bonds is 5. The van der Waals surface area contributed by atoms with Gasteiger partial charge in [0.1, 0.15) is 0 Å². The molecule has 0 aromatic rings. The standard InChI is InChI=1S/C9H15Cl/c1-8(2)5-4-6-9(3)7-10/h1,3-7H2,2H3. The van der Waals surface area contributed by atoms with Crippen molar-refractivity contribution in [3.8, 4) is 0 Å². The van der Waals surface area contributed by atoms with Crippen LogP contribution in [0.4, 0.5) is 0 Å². The summed E-state index contributed by atoms with van der Waals surface area (Å²) in [6.07, 6.45) is 3.27. The molecule has 0 heterocycles. The molecule has 0 aliphatic carbocycles. The highest BCUT2D eigenvalue weighted by atomic mass is 35.5. The highest BCUT2D eigenvalue weighted by molar-refractivity contribution is 6.19. The van der Waals surface area contributed by atoms with Gasteiger partial charge < -0.3 is 0 Å². The maximum absolute atomic E-state index is 5.55. The first kappa shape index (κ1) is 9.77. The average molecular weight is 159 g/mol. The predicted octanol–water partition coefficient (Wildman–Crippen LogP) is 3.53. The molecular weight excluding hydrogens is 144 g/mol. The topological polar surface area (TPSA) is 0 Å². The van der Waals surface area contributed by atoms with E-state index in [1.54, 1.807) is 0 Å². The van der Waals surface area contributed by atoms with Gasteiger partial charge in [-0.1, -0.05) is 17.7 Å². The van der Waals surface area contributed by atoms with Gasteiger partial charge in [0.05, 0.1) is 0 Å². The van der Waals surface area contributed by atoms with Crippen molar-refractivity contribution >= 4 is 11.6 Å². The lowest BCUT2D eigenvalue weighted by Gasteiger charge is -2.00.